The number of carbonyl (C=O) groups is 1. The van der Waals surface area contributed by atoms with Gasteiger partial charge in [0.15, 0.2) is 5.13 Å². The summed E-state index contributed by atoms with van der Waals surface area (Å²) in [6.45, 7) is 0. The highest BCUT2D eigenvalue weighted by Crippen LogP contribution is 2.31. The molecule has 0 aliphatic rings. The van der Waals surface area contributed by atoms with Crippen LogP contribution >= 0.6 is 11.3 Å². The Morgan fingerprint density at radius 1 is 1.37 bits per heavy atom. The minimum absolute atomic E-state index is 0.261. The Morgan fingerprint density at radius 3 is 2.74 bits per heavy atom. The number of nitrogens with zero attached hydrogens (tertiary/aromatic N) is 1. The van der Waals surface area contributed by atoms with Gasteiger partial charge in [0.1, 0.15) is 11.5 Å². The van der Waals surface area contributed by atoms with E-state index in [0.717, 1.165) is 0 Å². The van der Waals surface area contributed by atoms with Gasteiger partial charge in [0.25, 0.3) is 5.91 Å². The van der Waals surface area contributed by atoms with Crippen molar-refractivity contribution in [3.8, 4) is 11.5 Å². The Balaban J connectivity index is 2.35. The van der Waals surface area contributed by atoms with Crippen LogP contribution < -0.4 is 20.5 Å². The Labute approximate surface area is 114 Å². The zero-order valence-electron chi connectivity index (χ0n) is 10.5. The highest BCUT2D eigenvalue weighted by molar-refractivity contribution is 7.13. The molecule has 19 heavy (non-hydrogen) atoms. The summed E-state index contributed by atoms with van der Waals surface area (Å²) in [4.78, 5) is 16.1. The Bertz CT molecular complexity index is 584. The highest BCUT2D eigenvalue weighted by Gasteiger charge is 2.16. The highest BCUT2D eigenvalue weighted by atomic mass is 32.1. The fourth-order valence-corrected chi connectivity index (χ4v) is 2.05. The van der Waals surface area contributed by atoms with Crippen LogP contribution in [0.15, 0.2) is 23.7 Å². The van der Waals surface area contributed by atoms with E-state index in [-0.39, 0.29) is 17.2 Å². The van der Waals surface area contributed by atoms with Crippen LogP contribution in [-0.2, 0) is 0 Å². The van der Waals surface area contributed by atoms with E-state index < -0.39 is 0 Å². The molecular formula is C12H13N3O3S. The number of aromatic nitrogens is 1. The predicted molar refractivity (Wildman–Crippen MR) is 74.0 cm³/mol. The van der Waals surface area contributed by atoms with Gasteiger partial charge in [-0.2, -0.15) is 0 Å². The zero-order valence-corrected chi connectivity index (χ0v) is 11.3. The first kappa shape index (κ1) is 13.2. The molecule has 7 heteroatoms. The minimum Gasteiger partial charge on any atom is -0.497 e. The smallest absolute Gasteiger partial charge is 0.259 e. The summed E-state index contributed by atoms with van der Waals surface area (Å²) in [6, 6.07) is 3.18. The summed E-state index contributed by atoms with van der Waals surface area (Å²) in [5.74, 6) is 0.531. The molecule has 0 unspecified atom stereocenters. The van der Waals surface area contributed by atoms with Gasteiger partial charge < -0.3 is 15.2 Å². The normalized spacial score (nSPS) is 10.0. The molecule has 2 rings (SSSR count). The van der Waals surface area contributed by atoms with Gasteiger partial charge in [-0.3, -0.25) is 10.1 Å². The molecule has 1 amide bonds. The topological polar surface area (TPSA) is 86.5 Å². The van der Waals surface area contributed by atoms with Crippen molar-refractivity contribution in [2.75, 3.05) is 25.3 Å². The zero-order chi connectivity index (χ0) is 13.8. The van der Waals surface area contributed by atoms with Crippen molar-refractivity contribution in [1.29, 1.82) is 0 Å². The van der Waals surface area contributed by atoms with Gasteiger partial charge in [0, 0.05) is 17.6 Å². The first-order valence-corrected chi connectivity index (χ1v) is 6.26. The molecule has 6 nitrogen and oxygen atoms in total. The van der Waals surface area contributed by atoms with Crippen molar-refractivity contribution in [3.05, 3.63) is 29.3 Å². The van der Waals surface area contributed by atoms with Crippen LogP contribution in [0.1, 0.15) is 10.4 Å². The lowest BCUT2D eigenvalue weighted by atomic mass is 10.1. The standard InChI is InChI=1S/C12H13N3O3S/c1-17-7-5-8(10(13)9(6-7)18-2)11(16)15-12-14-3-4-19-12/h3-6H,13H2,1-2H3,(H,14,15,16). The van der Waals surface area contributed by atoms with E-state index in [9.17, 15) is 4.79 Å². The Morgan fingerprint density at radius 2 is 2.16 bits per heavy atom. The molecule has 0 saturated heterocycles. The lowest BCUT2D eigenvalue weighted by Crippen LogP contribution is -2.14. The Kier molecular flexibility index (Phi) is 3.86. The summed E-state index contributed by atoms with van der Waals surface area (Å²) in [5.41, 5.74) is 6.43. The fraction of sp³-hybridized carbons (Fsp3) is 0.167. The molecule has 3 N–H and O–H groups in total. The third-order valence-electron chi connectivity index (χ3n) is 2.47. The fourth-order valence-electron chi connectivity index (χ4n) is 1.53. The number of nitrogen functional groups attached to an aromatic ring is 1. The van der Waals surface area contributed by atoms with Crippen molar-refractivity contribution >= 4 is 28.1 Å². The van der Waals surface area contributed by atoms with Crippen LogP contribution in [0, 0.1) is 0 Å². The van der Waals surface area contributed by atoms with E-state index in [2.05, 4.69) is 10.3 Å². The molecule has 0 radical (unpaired) electrons. The van der Waals surface area contributed by atoms with Crippen LogP contribution in [0.4, 0.5) is 10.8 Å². The number of thiazole rings is 1. The number of nitrogens with one attached hydrogen (secondary N) is 1. The minimum atomic E-state index is -0.357. The molecule has 0 fully saturated rings. The van der Waals surface area contributed by atoms with E-state index in [4.69, 9.17) is 15.2 Å². The third kappa shape index (κ3) is 2.76. The molecule has 0 saturated carbocycles. The molecular weight excluding hydrogens is 266 g/mol. The summed E-state index contributed by atoms with van der Waals surface area (Å²) >= 11 is 1.33. The molecule has 1 aromatic heterocycles. The molecule has 2 aromatic rings. The first-order chi connectivity index (χ1) is 9.15. The molecule has 0 atom stereocenters. The van der Waals surface area contributed by atoms with Gasteiger partial charge in [0.2, 0.25) is 0 Å². The number of carbonyl (C=O) groups excluding carboxylic acids is 1. The molecule has 0 aliphatic heterocycles. The Hall–Kier alpha value is -2.28. The van der Waals surface area contributed by atoms with Gasteiger partial charge in [-0.05, 0) is 6.07 Å². The van der Waals surface area contributed by atoms with E-state index >= 15 is 0 Å². The predicted octanol–water partition coefficient (Wildman–Crippen LogP) is 1.99. The van der Waals surface area contributed by atoms with Crippen LogP contribution in [-0.4, -0.2) is 25.1 Å². The van der Waals surface area contributed by atoms with E-state index in [0.29, 0.717) is 16.6 Å². The molecule has 0 spiro atoms. The first-order valence-electron chi connectivity index (χ1n) is 5.38. The monoisotopic (exact) mass is 279 g/mol. The van der Waals surface area contributed by atoms with Gasteiger partial charge in [-0.15, -0.1) is 11.3 Å². The summed E-state index contributed by atoms with van der Waals surface area (Å²) < 4.78 is 10.2. The molecule has 1 heterocycles. The van der Waals surface area contributed by atoms with Crippen LogP contribution in [0.5, 0.6) is 11.5 Å². The number of anilines is 2. The number of amides is 1. The van der Waals surface area contributed by atoms with E-state index in [1.807, 2.05) is 0 Å². The second-order valence-corrected chi connectivity index (χ2v) is 4.48. The van der Waals surface area contributed by atoms with Gasteiger partial charge >= 0.3 is 0 Å². The van der Waals surface area contributed by atoms with Crippen molar-refractivity contribution in [3.63, 3.8) is 0 Å². The molecule has 100 valence electrons. The lowest BCUT2D eigenvalue weighted by Gasteiger charge is -2.12. The van der Waals surface area contributed by atoms with Crippen molar-refractivity contribution < 1.29 is 14.3 Å². The average molecular weight is 279 g/mol. The maximum absolute atomic E-state index is 12.1. The van der Waals surface area contributed by atoms with Gasteiger partial charge in [0.05, 0.1) is 25.5 Å². The number of nitrogens with two attached hydrogens (primary N) is 1. The van der Waals surface area contributed by atoms with Crippen molar-refractivity contribution in [2.24, 2.45) is 0 Å². The van der Waals surface area contributed by atoms with Gasteiger partial charge in [-0.1, -0.05) is 0 Å². The second-order valence-electron chi connectivity index (χ2n) is 3.58. The van der Waals surface area contributed by atoms with E-state index in [1.165, 1.54) is 25.6 Å². The quantitative estimate of drug-likeness (QED) is 0.836. The van der Waals surface area contributed by atoms with Gasteiger partial charge in [-0.25, -0.2) is 4.98 Å². The van der Waals surface area contributed by atoms with Crippen molar-refractivity contribution in [1.82, 2.24) is 4.98 Å². The molecule has 1 aromatic carbocycles. The molecule has 0 aliphatic carbocycles. The summed E-state index contributed by atoms with van der Waals surface area (Å²) in [5, 5.41) is 4.93. The number of hydrogen-bond donors (Lipinski definition) is 2. The maximum Gasteiger partial charge on any atom is 0.259 e. The number of rotatable bonds is 4. The summed E-state index contributed by atoms with van der Waals surface area (Å²) in [6.07, 6.45) is 1.61. The number of hydrogen-bond acceptors (Lipinski definition) is 6. The van der Waals surface area contributed by atoms with Crippen molar-refractivity contribution in [2.45, 2.75) is 0 Å². The SMILES string of the molecule is COc1cc(OC)c(N)c(C(=O)Nc2nccs2)c1. The number of benzene rings is 1. The van der Waals surface area contributed by atoms with Crippen LogP contribution in [0.3, 0.4) is 0 Å². The third-order valence-corrected chi connectivity index (χ3v) is 3.16. The average Bonchev–Trinajstić information content (AvgIpc) is 2.91. The van der Waals surface area contributed by atoms with Crippen LogP contribution in [0.2, 0.25) is 0 Å². The maximum atomic E-state index is 12.1. The van der Waals surface area contributed by atoms with Crippen LogP contribution in [0.25, 0.3) is 0 Å². The lowest BCUT2D eigenvalue weighted by molar-refractivity contribution is 0.102. The number of ether oxygens (including phenoxy) is 2. The summed E-state index contributed by atoms with van der Waals surface area (Å²) in [7, 11) is 2.99. The van der Waals surface area contributed by atoms with E-state index in [1.54, 1.807) is 23.7 Å². The number of methoxy groups -OCH3 is 2. The second kappa shape index (κ2) is 5.57. The molecule has 0 bridgehead atoms. The largest absolute Gasteiger partial charge is 0.497 e.